The molecule has 124 valence electrons. The van der Waals surface area contributed by atoms with E-state index in [4.69, 9.17) is 9.47 Å². The maximum absolute atomic E-state index is 14.7. The molecule has 4 nitrogen and oxygen atoms in total. The molecule has 2 aliphatic carbocycles. The van der Waals surface area contributed by atoms with Gasteiger partial charge in [0.15, 0.2) is 17.4 Å². The van der Waals surface area contributed by atoms with E-state index in [1.54, 1.807) is 7.05 Å². The van der Waals surface area contributed by atoms with E-state index in [9.17, 15) is 8.78 Å². The molecule has 0 unspecified atom stereocenters. The lowest BCUT2D eigenvalue weighted by Gasteiger charge is -2.22. The fraction of sp³-hybridized carbons (Fsp3) is 0.588. The number of fused-ring (bicyclic) bond motifs is 1. The predicted octanol–water partition coefficient (Wildman–Crippen LogP) is 4.10. The quantitative estimate of drug-likeness (QED) is 0.850. The number of hydrogen-bond donors (Lipinski definition) is 0. The van der Waals surface area contributed by atoms with Crippen LogP contribution in [0.4, 0.5) is 8.78 Å². The van der Waals surface area contributed by atoms with Crippen LogP contribution in [0.15, 0.2) is 6.07 Å². The minimum atomic E-state index is -0.578. The second kappa shape index (κ2) is 5.65. The van der Waals surface area contributed by atoms with E-state index in [1.807, 2.05) is 0 Å². The van der Waals surface area contributed by atoms with Crippen LogP contribution in [0.3, 0.4) is 0 Å². The molecular formula is C17H20F2N2O2. The Hall–Kier alpha value is -1.85. The fourth-order valence-electron chi connectivity index (χ4n) is 3.15. The Kier molecular flexibility index (Phi) is 3.62. The van der Waals surface area contributed by atoms with Crippen LogP contribution < -0.4 is 9.47 Å². The normalized spacial score (nSPS) is 19.3. The monoisotopic (exact) mass is 322 g/mol. The summed E-state index contributed by atoms with van der Waals surface area (Å²) in [6.07, 6.45) is 7.25. The Morgan fingerprint density at radius 3 is 2.43 bits per heavy atom. The van der Waals surface area contributed by atoms with E-state index in [2.05, 4.69) is 4.98 Å². The largest absolute Gasteiger partial charge is 0.487 e. The van der Waals surface area contributed by atoms with Crippen molar-refractivity contribution in [2.45, 2.75) is 57.2 Å². The SMILES string of the molecule is Cn1c(OC2CCCCC2)nc2c(F)cc(OC3CC3)c(F)c21. The van der Waals surface area contributed by atoms with Gasteiger partial charge in [-0.3, -0.25) is 4.57 Å². The molecule has 23 heavy (non-hydrogen) atoms. The summed E-state index contributed by atoms with van der Waals surface area (Å²) in [6.45, 7) is 0. The highest BCUT2D eigenvalue weighted by molar-refractivity contribution is 5.80. The molecule has 2 aromatic rings. The van der Waals surface area contributed by atoms with Crippen molar-refractivity contribution in [1.82, 2.24) is 9.55 Å². The van der Waals surface area contributed by atoms with Crippen molar-refractivity contribution in [1.29, 1.82) is 0 Å². The minimum Gasteiger partial charge on any atom is -0.487 e. The van der Waals surface area contributed by atoms with Gasteiger partial charge in [-0.1, -0.05) is 6.42 Å². The van der Waals surface area contributed by atoms with Crippen LogP contribution in [0.1, 0.15) is 44.9 Å². The van der Waals surface area contributed by atoms with Crippen LogP contribution in [0.2, 0.25) is 0 Å². The zero-order chi connectivity index (χ0) is 16.0. The first-order chi connectivity index (χ1) is 11.1. The number of benzene rings is 1. The van der Waals surface area contributed by atoms with Gasteiger partial charge in [-0.05, 0) is 38.5 Å². The van der Waals surface area contributed by atoms with E-state index in [1.165, 1.54) is 11.0 Å². The molecule has 4 rings (SSSR count). The molecule has 0 spiro atoms. The molecule has 0 radical (unpaired) electrons. The van der Waals surface area contributed by atoms with Gasteiger partial charge in [-0.25, -0.2) is 8.78 Å². The number of aryl methyl sites for hydroxylation is 1. The number of ether oxygens (including phenoxy) is 2. The van der Waals surface area contributed by atoms with Gasteiger partial charge in [0.1, 0.15) is 17.1 Å². The molecule has 2 fully saturated rings. The van der Waals surface area contributed by atoms with Crippen molar-refractivity contribution in [2.24, 2.45) is 7.05 Å². The highest BCUT2D eigenvalue weighted by Crippen LogP contribution is 2.35. The molecular weight excluding hydrogens is 302 g/mol. The molecule has 2 saturated carbocycles. The summed E-state index contributed by atoms with van der Waals surface area (Å²) in [5.74, 6) is -1.18. The molecule has 2 aliphatic rings. The van der Waals surface area contributed by atoms with Crippen molar-refractivity contribution in [3.05, 3.63) is 17.7 Å². The second-order valence-corrected chi connectivity index (χ2v) is 6.52. The highest BCUT2D eigenvalue weighted by atomic mass is 19.1. The van der Waals surface area contributed by atoms with Crippen LogP contribution in [-0.4, -0.2) is 21.8 Å². The zero-order valence-electron chi connectivity index (χ0n) is 13.1. The standard InChI is InChI=1S/C17H20F2N2O2/c1-21-16-14(19)13(22-11-7-8-11)9-12(18)15(16)20-17(21)23-10-5-3-2-4-6-10/h9-11H,2-8H2,1H3. The number of hydrogen-bond acceptors (Lipinski definition) is 3. The Labute approximate surface area is 133 Å². The summed E-state index contributed by atoms with van der Waals surface area (Å²) < 4.78 is 41.8. The van der Waals surface area contributed by atoms with E-state index >= 15 is 0 Å². The maximum Gasteiger partial charge on any atom is 0.297 e. The zero-order valence-corrected chi connectivity index (χ0v) is 13.1. The molecule has 0 N–H and O–H groups in total. The average Bonchev–Trinajstić information content (AvgIpc) is 3.30. The first-order valence-electron chi connectivity index (χ1n) is 8.31. The molecule has 6 heteroatoms. The summed E-state index contributed by atoms with van der Waals surface area (Å²) in [6, 6.07) is 1.36. The third-order valence-electron chi connectivity index (χ3n) is 4.60. The van der Waals surface area contributed by atoms with Gasteiger partial charge in [0.25, 0.3) is 6.01 Å². The number of nitrogens with zero attached hydrogens (tertiary/aromatic N) is 2. The fourth-order valence-corrected chi connectivity index (χ4v) is 3.15. The van der Waals surface area contributed by atoms with Gasteiger partial charge in [0.2, 0.25) is 0 Å². The third-order valence-corrected chi connectivity index (χ3v) is 4.60. The van der Waals surface area contributed by atoms with Crippen molar-refractivity contribution >= 4 is 11.0 Å². The molecule has 1 aromatic carbocycles. The summed E-state index contributed by atoms with van der Waals surface area (Å²) in [7, 11) is 1.65. The Bertz CT molecular complexity index is 734. The first-order valence-corrected chi connectivity index (χ1v) is 8.31. The smallest absolute Gasteiger partial charge is 0.297 e. The van der Waals surface area contributed by atoms with E-state index in [0.29, 0.717) is 0 Å². The number of rotatable bonds is 4. The Balaban J connectivity index is 1.70. The maximum atomic E-state index is 14.7. The van der Waals surface area contributed by atoms with Gasteiger partial charge in [-0.2, -0.15) is 4.98 Å². The van der Waals surface area contributed by atoms with Crippen LogP contribution >= 0.6 is 0 Å². The van der Waals surface area contributed by atoms with Crippen LogP contribution in [-0.2, 0) is 7.05 Å². The molecule has 0 atom stereocenters. The Morgan fingerprint density at radius 2 is 1.74 bits per heavy atom. The Morgan fingerprint density at radius 1 is 1.04 bits per heavy atom. The first kappa shape index (κ1) is 14.7. The van der Waals surface area contributed by atoms with E-state index in [0.717, 1.165) is 44.6 Å². The van der Waals surface area contributed by atoms with Crippen molar-refractivity contribution in [3.63, 3.8) is 0 Å². The van der Waals surface area contributed by atoms with Crippen molar-refractivity contribution in [3.8, 4) is 11.8 Å². The molecule has 0 amide bonds. The average molecular weight is 322 g/mol. The lowest BCUT2D eigenvalue weighted by Crippen LogP contribution is -2.21. The van der Waals surface area contributed by atoms with Gasteiger partial charge >= 0.3 is 0 Å². The topological polar surface area (TPSA) is 36.3 Å². The predicted molar refractivity (Wildman–Crippen MR) is 81.8 cm³/mol. The molecule has 1 heterocycles. The second-order valence-electron chi connectivity index (χ2n) is 6.52. The molecule has 0 aliphatic heterocycles. The highest BCUT2D eigenvalue weighted by Gasteiger charge is 2.28. The number of imidazole rings is 1. The molecule has 0 bridgehead atoms. The van der Waals surface area contributed by atoms with E-state index < -0.39 is 11.6 Å². The van der Waals surface area contributed by atoms with Gasteiger partial charge in [-0.15, -0.1) is 0 Å². The van der Waals surface area contributed by atoms with Gasteiger partial charge in [0, 0.05) is 13.1 Å². The minimum absolute atomic E-state index is 0.000966. The lowest BCUT2D eigenvalue weighted by molar-refractivity contribution is 0.138. The summed E-state index contributed by atoms with van der Waals surface area (Å²) in [5, 5.41) is 0. The van der Waals surface area contributed by atoms with Crippen LogP contribution in [0.25, 0.3) is 11.0 Å². The summed E-state index contributed by atoms with van der Waals surface area (Å²) in [4.78, 5) is 4.17. The van der Waals surface area contributed by atoms with Gasteiger partial charge in [0.05, 0.1) is 6.10 Å². The van der Waals surface area contributed by atoms with Gasteiger partial charge < -0.3 is 9.47 Å². The third kappa shape index (κ3) is 2.75. The summed E-state index contributed by atoms with van der Waals surface area (Å²) in [5.41, 5.74) is 0.102. The molecule has 0 saturated heterocycles. The summed E-state index contributed by atoms with van der Waals surface area (Å²) >= 11 is 0. The van der Waals surface area contributed by atoms with E-state index in [-0.39, 0.29) is 35.0 Å². The number of aromatic nitrogens is 2. The van der Waals surface area contributed by atoms with Crippen molar-refractivity contribution in [2.75, 3.05) is 0 Å². The number of halogens is 2. The van der Waals surface area contributed by atoms with Crippen molar-refractivity contribution < 1.29 is 18.3 Å². The lowest BCUT2D eigenvalue weighted by atomic mass is 9.98. The van der Waals surface area contributed by atoms with Crippen LogP contribution in [0.5, 0.6) is 11.8 Å². The van der Waals surface area contributed by atoms with Crippen LogP contribution in [0, 0.1) is 11.6 Å². The molecule has 1 aromatic heterocycles.